The van der Waals surface area contributed by atoms with Gasteiger partial charge in [-0.2, -0.15) is 0 Å². The fraction of sp³-hybridized carbons (Fsp3) is 0.381. The molecule has 3 rings (SSSR count). The van der Waals surface area contributed by atoms with Crippen LogP contribution in [0.3, 0.4) is 0 Å². The number of carbonyl (C=O) groups is 3. The molecule has 0 saturated carbocycles. The SMILES string of the molecule is COC(=O)CCCNC(=O)C1CC(=O)N(c2ccc(C)cc2)C1c1cccs1. The van der Waals surface area contributed by atoms with Crippen molar-refractivity contribution in [1.82, 2.24) is 5.32 Å². The molecule has 1 fully saturated rings. The van der Waals surface area contributed by atoms with E-state index in [1.807, 2.05) is 48.7 Å². The van der Waals surface area contributed by atoms with Gasteiger partial charge in [-0.25, -0.2) is 0 Å². The van der Waals surface area contributed by atoms with E-state index in [0.29, 0.717) is 13.0 Å². The van der Waals surface area contributed by atoms with E-state index in [9.17, 15) is 14.4 Å². The second-order valence-corrected chi connectivity index (χ2v) is 7.82. The molecule has 1 aromatic carbocycles. The maximum Gasteiger partial charge on any atom is 0.305 e. The number of aryl methyl sites for hydroxylation is 1. The molecule has 2 amide bonds. The van der Waals surface area contributed by atoms with Crippen molar-refractivity contribution in [2.24, 2.45) is 5.92 Å². The first-order valence-electron chi connectivity index (χ1n) is 9.28. The highest BCUT2D eigenvalue weighted by Crippen LogP contribution is 2.43. The van der Waals surface area contributed by atoms with Gasteiger partial charge in [-0.05, 0) is 36.9 Å². The Bertz CT molecular complexity index is 833. The Balaban J connectivity index is 1.77. The maximum atomic E-state index is 12.8. The Morgan fingerprint density at radius 1 is 1.25 bits per heavy atom. The van der Waals surface area contributed by atoms with E-state index in [4.69, 9.17) is 0 Å². The number of carbonyl (C=O) groups excluding carboxylic acids is 3. The first kappa shape index (κ1) is 20.1. The summed E-state index contributed by atoms with van der Waals surface area (Å²) in [4.78, 5) is 39.6. The normalized spacial score (nSPS) is 18.9. The van der Waals surface area contributed by atoms with Crippen LogP contribution in [0.2, 0.25) is 0 Å². The molecule has 148 valence electrons. The average Bonchev–Trinajstić information content (AvgIpc) is 3.33. The Morgan fingerprint density at radius 2 is 2.00 bits per heavy atom. The first-order chi connectivity index (χ1) is 13.5. The lowest BCUT2D eigenvalue weighted by molar-refractivity contribution is -0.140. The van der Waals surface area contributed by atoms with E-state index in [0.717, 1.165) is 16.1 Å². The molecule has 0 bridgehead atoms. The Labute approximate surface area is 168 Å². The molecule has 1 N–H and O–H groups in total. The van der Waals surface area contributed by atoms with Gasteiger partial charge in [-0.3, -0.25) is 14.4 Å². The van der Waals surface area contributed by atoms with Gasteiger partial charge in [0.05, 0.1) is 19.1 Å². The number of nitrogens with one attached hydrogen (secondary N) is 1. The van der Waals surface area contributed by atoms with Crippen molar-refractivity contribution in [2.75, 3.05) is 18.6 Å². The van der Waals surface area contributed by atoms with Gasteiger partial charge in [-0.15, -0.1) is 11.3 Å². The summed E-state index contributed by atoms with van der Waals surface area (Å²) >= 11 is 1.55. The lowest BCUT2D eigenvalue weighted by Crippen LogP contribution is -2.36. The highest BCUT2D eigenvalue weighted by molar-refractivity contribution is 7.10. The van der Waals surface area contributed by atoms with Gasteiger partial charge in [0.2, 0.25) is 11.8 Å². The van der Waals surface area contributed by atoms with Crippen LogP contribution in [0.1, 0.15) is 35.7 Å². The van der Waals surface area contributed by atoms with Gasteiger partial charge in [-0.1, -0.05) is 23.8 Å². The van der Waals surface area contributed by atoms with Crippen LogP contribution in [0, 0.1) is 12.8 Å². The third-order valence-electron chi connectivity index (χ3n) is 4.89. The first-order valence-corrected chi connectivity index (χ1v) is 10.2. The number of hydrogen-bond acceptors (Lipinski definition) is 5. The highest BCUT2D eigenvalue weighted by Gasteiger charge is 2.45. The molecule has 1 saturated heterocycles. The van der Waals surface area contributed by atoms with Crippen LogP contribution in [0.5, 0.6) is 0 Å². The summed E-state index contributed by atoms with van der Waals surface area (Å²) in [6.45, 7) is 2.37. The van der Waals surface area contributed by atoms with Crippen LogP contribution in [0.25, 0.3) is 0 Å². The number of benzene rings is 1. The second kappa shape index (κ2) is 9.01. The summed E-state index contributed by atoms with van der Waals surface area (Å²) in [6.07, 6.45) is 0.925. The van der Waals surface area contributed by atoms with E-state index in [-0.39, 0.29) is 36.7 Å². The van der Waals surface area contributed by atoms with E-state index < -0.39 is 5.92 Å². The standard InChI is InChI=1S/C21H24N2O4S/c1-14-7-9-15(10-8-14)23-18(24)13-16(20(23)17-5-4-12-28-17)21(26)22-11-3-6-19(25)27-2/h4-5,7-10,12,16,20H,3,6,11,13H2,1-2H3,(H,22,26). The van der Waals surface area contributed by atoms with Gasteiger partial charge >= 0.3 is 5.97 Å². The van der Waals surface area contributed by atoms with Crippen molar-refractivity contribution in [3.05, 3.63) is 52.2 Å². The minimum Gasteiger partial charge on any atom is -0.469 e. The number of hydrogen-bond donors (Lipinski definition) is 1. The molecule has 6 nitrogen and oxygen atoms in total. The number of methoxy groups -OCH3 is 1. The van der Waals surface area contributed by atoms with Crippen LogP contribution in [0.4, 0.5) is 5.69 Å². The van der Waals surface area contributed by atoms with Crippen LogP contribution in [-0.2, 0) is 19.1 Å². The van der Waals surface area contributed by atoms with Crippen LogP contribution in [0.15, 0.2) is 41.8 Å². The van der Waals surface area contributed by atoms with Gasteiger partial charge < -0.3 is 15.0 Å². The van der Waals surface area contributed by atoms with E-state index in [1.54, 1.807) is 16.2 Å². The van der Waals surface area contributed by atoms with Crippen molar-refractivity contribution >= 4 is 34.8 Å². The molecule has 0 aliphatic carbocycles. The number of esters is 1. The Hall–Kier alpha value is -2.67. The zero-order chi connectivity index (χ0) is 20.1. The predicted octanol–water partition coefficient (Wildman–Crippen LogP) is 3.22. The second-order valence-electron chi connectivity index (χ2n) is 6.84. The third-order valence-corrected chi connectivity index (χ3v) is 5.83. The summed E-state index contributed by atoms with van der Waals surface area (Å²) < 4.78 is 4.61. The lowest BCUT2D eigenvalue weighted by Gasteiger charge is -2.27. The minimum atomic E-state index is -0.467. The molecular formula is C21H24N2O4S. The molecular weight excluding hydrogens is 376 g/mol. The summed E-state index contributed by atoms with van der Waals surface area (Å²) in [7, 11) is 1.34. The minimum absolute atomic E-state index is 0.0584. The van der Waals surface area contributed by atoms with Crippen molar-refractivity contribution in [3.63, 3.8) is 0 Å². The van der Waals surface area contributed by atoms with E-state index in [1.165, 1.54) is 7.11 Å². The van der Waals surface area contributed by atoms with Crippen molar-refractivity contribution in [1.29, 1.82) is 0 Å². The molecule has 7 heteroatoms. The largest absolute Gasteiger partial charge is 0.469 e. The molecule has 2 unspecified atom stereocenters. The Kier molecular flexibility index (Phi) is 6.46. The molecule has 2 heterocycles. The van der Waals surface area contributed by atoms with Crippen molar-refractivity contribution < 1.29 is 19.1 Å². The summed E-state index contributed by atoms with van der Waals surface area (Å²) in [5.74, 6) is -0.985. The molecule has 0 radical (unpaired) electrons. The van der Waals surface area contributed by atoms with Crippen molar-refractivity contribution in [2.45, 2.75) is 32.2 Å². The summed E-state index contributed by atoms with van der Waals surface area (Å²) in [5.41, 5.74) is 1.91. The number of ether oxygens (including phenoxy) is 1. The average molecular weight is 401 g/mol. The zero-order valence-corrected chi connectivity index (χ0v) is 16.8. The summed E-state index contributed by atoms with van der Waals surface area (Å²) in [5, 5.41) is 4.83. The van der Waals surface area contributed by atoms with Gasteiger partial charge in [0.15, 0.2) is 0 Å². The number of rotatable bonds is 7. The fourth-order valence-corrected chi connectivity index (χ4v) is 4.32. The topological polar surface area (TPSA) is 75.7 Å². The lowest BCUT2D eigenvalue weighted by atomic mass is 9.97. The van der Waals surface area contributed by atoms with Gasteiger partial charge in [0.1, 0.15) is 0 Å². The fourth-order valence-electron chi connectivity index (χ4n) is 3.44. The van der Waals surface area contributed by atoms with E-state index in [2.05, 4.69) is 10.1 Å². The van der Waals surface area contributed by atoms with Gasteiger partial charge in [0.25, 0.3) is 0 Å². The number of amides is 2. The number of nitrogens with zero attached hydrogens (tertiary/aromatic N) is 1. The maximum absolute atomic E-state index is 12.8. The van der Waals surface area contributed by atoms with Crippen LogP contribution < -0.4 is 10.2 Å². The molecule has 2 aromatic rings. The Morgan fingerprint density at radius 3 is 2.64 bits per heavy atom. The zero-order valence-electron chi connectivity index (χ0n) is 16.0. The van der Waals surface area contributed by atoms with E-state index >= 15 is 0 Å². The molecule has 1 aliphatic heterocycles. The van der Waals surface area contributed by atoms with Crippen LogP contribution in [-0.4, -0.2) is 31.4 Å². The molecule has 0 spiro atoms. The number of anilines is 1. The highest BCUT2D eigenvalue weighted by atomic mass is 32.1. The number of thiophene rings is 1. The van der Waals surface area contributed by atoms with Crippen molar-refractivity contribution in [3.8, 4) is 0 Å². The predicted molar refractivity (Wildman–Crippen MR) is 108 cm³/mol. The quantitative estimate of drug-likeness (QED) is 0.572. The summed E-state index contributed by atoms with van der Waals surface area (Å²) in [6, 6.07) is 11.3. The molecule has 28 heavy (non-hydrogen) atoms. The van der Waals surface area contributed by atoms with Crippen LogP contribution >= 0.6 is 11.3 Å². The molecule has 2 atom stereocenters. The third kappa shape index (κ3) is 4.42. The van der Waals surface area contributed by atoms with Gasteiger partial charge in [0, 0.05) is 30.0 Å². The monoisotopic (exact) mass is 400 g/mol. The molecule has 1 aromatic heterocycles. The smallest absolute Gasteiger partial charge is 0.305 e. The molecule has 1 aliphatic rings.